The molecule has 2 aromatic rings. The molecule has 4 N–H and O–H groups in total. The number of aliphatic carboxylic acids is 2. The normalized spacial score (nSPS) is 11.2. The Morgan fingerprint density at radius 3 is 2.08 bits per heavy atom. The van der Waals surface area contributed by atoms with Crippen molar-refractivity contribution in [2.45, 2.75) is 52.2 Å². The van der Waals surface area contributed by atoms with Crippen molar-refractivity contribution in [2.75, 3.05) is 35.3 Å². The van der Waals surface area contributed by atoms with Gasteiger partial charge in [-0.15, -0.1) is 0 Å². The summed E-state index contributed by atoms with van der Waals surface area (Å²) in [4.78, 5) is 50.6. The molecule has 0 saturated carbocycles. The van der Waals surface area contributed by atoms with E-state index in [0.29, 0.717) is 11.3 Å². The number of urea groups is 1. The first-order valence-electron chi connectivity index (χ1n) is 12.5. The smallest absolute Gasteiger partial charge is 0.414 e. The molecular weight excluding hydrogens is 492 g/mol. The summed E-state index contributed by atoms with van der Waals surface area (Å²) in [6, 6.07) is 12.1. The summed E-state index contributed by atoms with van der Waals surface area (Å²) in [5.41, 5.74) is 2.80. The molecule has 3 amide bonds. The van der Waals surface area contributed by atoms with E-state index in [-0.39, 0.29) is 19.4 Å². The minimum absolute atomic E-state index is 0.0156. The zero-order valence-corrected chi connectivity index (χ0v) is 22.0. The highest BCUT2D eigenvalue weighted by molar-refractivity contribution is 5.93. The van der Waals surface area contributed by atoms with Crippen LogP contribution in [0.5, 0.6) is 0 Å². The lowest BCUT2D eigenvalue weighted by Gasteiger charge is -2.29. The molecule has 38 heavy (non-hydrogen) atoms. The third-order valence-corrected chi connectivity index (χ3v) is 5.67. The van der Waals surface area contributed by atoms with E-state index in [9.17, 15) is 19.2 Å². The number of rotatable bonds is 14. The van der Waals surface area contributed by atoms with E-state index in [1.54, 1.807) is 31.3 Å². The summed E-state index contributed by atoms with van der Waals surface area (Å²) < 4.78 is 5.50. The van der Waals surface area contributed by atoms with Gasteiger partial charge in [0.15, 0.2) is 0 Å². The summed E-state index contributed by atoms with van der Waals surface area (Å²) in [6.45, 7) is 6.01. The predicted octanol–water partition coefficient (Wildman–Crippen LogP) is 4.53. The van der Waals surface area contributed by atoms with Crippen molar-refractivity contribution >= 4 is 41.1 Å². The van der Waals surface area contributed by atoms with Crippen molar-refractivity contribution in [3.63, 3.8) is 0 Å². The first kappa shape index (κ1) is 29.9. The average Bonchev–Trinajstić information content (AvgIpc) is 2.89. The number of carboxylic acid groups (broad SMARTS) is 2. The van der Waals surface area contributed by atoms with Crippen molar-refractivity contribution in [1.29, 1.82) is 0 Å². The van der Waals surface area contributed by atoms with Crippen LogP contribution in [0.15, 0.2) is 48.5 Å². The number of carbonyl (C=O) groups is 4. The maximum absolute atomic E-state index is 12.8. The largest absolute Gasteiger partial charge is 0.481 e. The Labute approximate surface area is 222 Å². The van der Waals surface area contributed by atoms with Gasteiger partial charge in [0.05, 0.1) is 11.4 Å². The van der Waals surface area contributed by atoms with Crippen molar-refractivity contribution in [3.05, 3.63) is 54.1 Å². The maximum Gasteiger partial charge on any atom is 0.414 e. The Balaban J connectivity index is 1.95. The van der Waals surface area contributed by atoms with Crippen LogP contribution in [0.3, 0.4) is 0 Å². The van der Waals surface area contributed by atoms with Gasteiger partial charge in [-0.1, -0.05) is 38.1 Å². The highest BCUT2D eigenvalue weighted by atomic mass is 16.6. The highest BCUT2D eigenvalue weighted by Gasteiger charge is 2.21. The third-order valence-electron chi connectivity index (χ3n) is 5.67. The molecule has 11 nitrogen and oxygen atoms in total. The lowest BCUT2D eigenvalue weighted by molar-refractivity contribution is -0.140. The topological polar surface area (TPSA) is 149 Å². The second kappa shape index (κ2) is 15.1. The van der Waals surface area contributed by atoms with Crippen LogP contribution in [0, 0.1) is 0 Å². The Morgan fingerprint density at radius 2 is 1.53 bits per heavy atom. The van der Waals surface area contributed by atoms with Crippen LogP contribution in [0.25, 0.3) is 0 Å². The third kappa shape index (κ3) is 9.30. The molecule has 0 aliphatic heterocycles. The minimum Gasteiger partial charge on any atom is -0.481 e. The number of nitrogens with one attached hydrogen (secondary N) is 2. The van der Waals surface area contributed by atoms with E-state index in [0.717, 1.165) is 37.3 Å². The molecular formula is C27H36N4O7. The number of carbonyl (C=O) groups excluding carboxylic acids is 2. The van der Waals surface area contributed by atoms with Gasteiger partial charge in [-0.25, -0.2) is 14.4 Å². The van der Waals surface area contributed by atoms with Gasteiger partial charge in [-0.05, 0) is 49.1 Å². The Bertz CT molecular complexity index is 1090. The SMILES string of the molecule is CCCN(CCC)c1ccccc1N(C)C(=O)OCc1ccc(NC(=O)NC(CCC(=O)O)C(=O)O)cc1. The van der Waals surface area contributed by atoms with Gasteiger partial charge in [0, 0.05) is 32.2 Å². The first-order chi connectivity index (χ1) is 18.2. The maximum atomic E-state index is 12.8. The molecule has 1 atom stereocenters. The van der Waals surface area contributed by atoms with Crippen LogP contribution in [0.4, 0.5) is 26.7 Å². The first-order valence-corrected chi connectivity index (χ1v) is 12.5. The number of hydrogen-bond donors (Lipinski definition) is 4. The molecule has 0 heterocycles. The number of benzene rings is 2. The molecule has 0 aromatic heterocycles. The van der Waals surface area contributed by atoms with Gasteiger partial charge >= 0.3 is 24.1 Å². The zero-order chi connectivity index (χ0) is 28.1. The van der Waals surface area contributed by atoms with Crippen LogP contribution >= 0.6 is 0 Å². The Hall–Kier alpha value is -4.28. The summed E-state index contributed by atoms with van der Waals surface area (Å²) >= 11 is 0. The fourth-order valence-electron chi connectivity index (χ4n) is 3.78. The number of para-hydroxylation sites is 2. The number of carboxylic acids is 2. The molecule has 11 heteroatoms. The summed E-state index contributed by atoms with van der Waals surface area (Å²) in [5.74, 6) is -2.48. The van der Waals surface area contributed by atoms with Crippen molar-refractivity contribution in [2.24, 2.45) is 0 Å². The summed E-state index contributed by atoms with van der Waals surface area (Å²) in [7, 11) is 1.67. The van der Waals surface area contributed by atoms with Crippen LogP contribution in [-0.4, -0.2) is 60.5 Å². The van der Waals surface area contributed by atoms with Gasteiger partial charge in [0.1, 0.15) is 12.6 Å². The molecule has 0 fully saturated rings. The van der Waals surface area contributed by atoms with Crippen molar-refractivity contribution in [1.82, 2.24) is 5.32 Å². The lowest BCUT2D eigenvalue weighted by Crippen LogP contribution is -2.43. The van der Waals surface area contributed by atoms with Gasteiger partial charge in [0.25, 0.3) is 0 Å². The highest BCUT2D eigenvalue weighted by Crippen LogP contribution is 2.29. The zero-order valence-electron chi connectivity index (χ0n) is 22.0. The van der Waals surface area contributed by atoms with Crippen LogP contribution < -0.4 is 20.4 Å². The number of amides is 3. The quantitative estimate of drug-likeness (QED) is 0.280. The van der Waals surface area contributed by atoms with Gasteiger partial charge < -0.3 is 30.5 Å². The molecule has 1 unspecified atom stereocenters. The van der Waals surface area contributed by atoms with Gasteiger partial charge in [-0.2, -0.15) is 0 Å². The molecule has 206 valence electrons. The number of ether oxygens (including phenoxy) is 1. The second-order valence-corrected chi connectivity index (χ2v) is 8.71. The monoisotopic (exact) mass is 528 g/mol. The second-order valence-electron chi connectivity index (χ2n) is 8.71. The molecule has 2 rings (SSSR count). The van der Waals surface area contributed by atoms with Crippen LogP contribution in [-0.2, 0) is 20.9 Å². The molecule has 0 saturated heterocycles. The number of anilines is 3. The van der Waals surface area contributed by atoms with E-state index in [2.05, 4.69) is 29.4 Å². The van der Waals surface area contributed by atoms with Gasteiger partial charge in [0.2, 0.25) is 0 Å². The number of nitrogens with zero attached hydrogens (tertiary/aromatic N) is 2. The van der Waals surface area contributed by atoms with E-state index in [4.69, 9.17) is 14.9 Å². The lowest BCUT2D eigenvalue weighted by atomic mass is 10.1. The van der Waals surface area contributed by atoms with Gasteiger partial charge in [-0.3, -0.25) is 9.69 Å². The van der Waals surface area contributed by atoms with Crippen molar-refractivity contribution < 1.29 is 34.1 Å². The number of hydrogen-bond acceptors (Lipinski definition) is 6. The van der Waals surface area contributed by atoms with E-state index in [1.165, 1.54) is 4.90 Å². The van der Waals surface area contributed by atoms with Crippen LogP contribution in [0.1, 0.15) is 45.1 Å². The molecule has 0 aliphatic carbocycles. The average molecular weight is 529 g/mol. The minimum atomic E-state index is -1.33. The Kier molecular flexibility index (Phi) is 11.9. The molecule has 0 radical (unpaired) electrons. The standard InChI is InChI=1S/C27H36N4O7/c1-4-16-31(17-5-2)23-9-7-6-8-22(23)30(3)27(37)38-18-19-10-12-20(13-11-19)28-26(36)29-21(25(34)35)14-15-24(32)33/h6-13,21H,4-5,14-18H2,1-3H3,(H,32,33)(H,34,35)(H2,28,29,36). The summed E-state index contributed by atoms with van der Waals surface area (Å²) in [5, 5.41) is 22.6. The summed E-state index contributed by atoms with van der Waals surface area (Å²) in [6.07, 6.45) is 0.838. The van der Waals surface area contributed by atoms with E-state index in [1.807, 2.05) is 24.3 Å². The molecule has 0 aliphatic rings. The molecule has 0 bridgehead atoms. The Morgan fingerprint density at radius 1 is 0.921 bits per heavy atom. The van der Waals surface area contributed by atoms with E-state index < -0.39 is 30.1 Å². The molecule has 2 aromatic carbocycles. The fourth-order valence-corrected chi connectivity index (χ4v) is 3.78. The predicted molar refractivity (Wildman–Crippen MR) is 145 cm³/mol. The van der Waals surface area contributed by atoms with E-state index >= 15 is 0 Å². The van der Waals surface area contributed by atoms with Crippen LogP contribution in [0.2, 0.25) is 0 Å². The fraction of sp³-hybridized carbons (Fsp3) is 0.407. The molecule has 0 spiro atoms. The van der Waals surface area contributed by atoms with Crippen molar-refractivity contribution in [3.8, 4) is 0 Å².